The molecule has 1 saturated carbocycles. The van der Waals surface area contributed by atoms with Gasteiger partial charge >= 0.3 is 0 Å². The molecular weight excluding hydrogens is 248 g/mol. The summed E-state index contributed by atoms with van der Waals surface area (Å²) < 4.78 is 5.11. The van der Waals surface area contributed by atoms with Crippen LogP contribution < -0.4 is 4.74 Å². The van der Waals surface area contributed by atoms with Crippen molar-refractivity contribution in [3.8, 4) is 5.75 Å². The summed E-state index contributed by atoms with van der Waals surface area (Å²) in [5.74, 6) is 1.38. The minimum atomic E-state index is -0.452. The van der Waals surface area contributed by atoms with Crippen molar-refractivity contribution in [1.29, 1.82) is 0 Å². The van der Waals surface area contributed by atoms with Gasteiger partial charge in [-0.1, -0.05) is 49.8 Å². The zero-order chi connectivity index (χ0) is 13.0. The van der Waals surface area contributed by atoms with E-state index < -0.39 is 6.10 Å². The van der Waals surface area contributed by atoms with Crippen molar-refractivity contribution in [2.24, 2.45) is 5.92 Å². The van der Waals surface area contributed by atoms with Gasteiger partial charge in [-0.05, 0) is 30.0 Å². The van der Waals surface area contributed by atoms with Crippen LogP contribution >= 0.6 is 11.6 Å². The fourth-order valence-electron chi connectivity index (χ4n) is 2.77. The highest BCUT2D eigenvalue weighted by atomic mass is 35.5. The Kier molecular flexibility index (Phi) is 4.90. The molecule has 0 saturated heterocycles. The van der Waals surface area contributed by atoms with E-state index in [1.807, 2.05) is 12.1 Å². The van der Waals surface area contributed by atoms with Crippen molar-refractivity contribution in [3.63, 3.8) is 0 Å². The Balaban J connectivity index is 2.01. The lowest BCUT2D eigenvalue weighted by Gasteiger charge is -2.24. The standard InChI is InChI=1S/C15H21ClO2/c1-18-12-7-8-13(14(16)10-12)15(17)9-11-5-3-2-4-6-11/h7-8,10-11,15,17H,2-6,9H2,1H3. The number of ether oxygens (including phenoxy) is 1. The molecule has 1 aliphatic carbocycles. The maximum absolute atomic E-state index is 10.3. The van der Waals surface area contributed by atoms with E-state index >= 15 is 0 Å². The molecule has 1 N–H and O–H groups in total. The van der Waals surface area contributed by atoms with Crippen LogP contribution in [0.15, 0.2) is 18.2 Å². The SMILES string of the molecule is COc1ccc(C(O)CC2CCCCC2)c(Cl)c1. The Morgan fingerprint density at radius 3 is 2.67 bits per heavy atom. The summed E-state index contributed by atoms with van der Waals surface area (Å²) in [6, 6.07) is 5.49. The molecule has 1 aromatic carbocycles. The van der Waals surface area contributed by atoms with Gasteiger partial charge in [-0.2, -0.15) is 0 Å². The van der Waals surface area contributed by atoms with E-state index in [1.54, 1.807) is 13.2 Å². The van der Waals surface area contributed by atoms with Crippen LogP contribution in [0.4, 0.5) is 0 Å². The molecule has 0 amide bonds. The van der Waals surface area contributed by atoms with Gasteiger partial charge in [0.15, 0.2) is 0 Å². The molecule has 2 nitrogen and oxygen atoms in total. The van der Waals surface area contributed by atoms with E-state index in [0.717, 1.165) is 17.7 Å². The predicted octanol–water partition coefficient (Wildman–Crippen LogP) is 4.35. The zero-order valence-electron chi connectivity index (χ0n) is 10.9. The van der Waals surface area contributed by atoms with Crippen molar-refractivity contribution in [1.82, 2.24) is 0 Å². The lowest BCUT2D eigenvalue weighted by atomic mass is 9.84. The Morgan fingerprint density at radius 1 is 1.33 bits per heavy atom. The van der Waals surface area contributed by atoms with Gasteiger partial charge in [-0.15, -0.1) is 0 Å². The molecule has 0 spiro atoms. The molecule has 0 radical (unpaired) electrons. The number of methoxy groups -OCH3 is 1. The summed E-state index contributed by atoms with van der Waals surface area (Å²) in [4.78, 5) is 0. The number of benzene rings is 1. The number of halogens is 1. The average molecular weight is 269 g/mol. The van der Waals surface area contributed by atoms with Gasteiger partial charge in [0.1, 0.15) is 5.75 Å². The minimum absolute atomic E-state index is 0.452. The van der Waals surface area contributed by atoms with Gasteiger partial charge in [0.2, 0.25) is 0 Å². The molecule has 0 aromatic heterocycles. The molecule has 1 unspecified atom stereocenters. The van der Waals surface area contributed by atoms with E-state index in [0.29, 0.717) is 10.9 Å². The lowest BCUT2D eigenvalue weighted by molar-refractivity contribution is 0.131. The number of aliphatic hydroxyl groups is 1. The van der Waals surface area contributed by atoms with Gasteiger partial charge in [0.05, 0.1) is 18.2 Å². The second-order valence-corrected chi connectivity index (χ2v) is 5.55. The maximum Gasteiger partial charge on any atom is 0.120 e. The van der Waals surface area contributed by atoms with E-state index in [-0.39, 0.29) is 0 Å². The smallest absolute Gasteiger partial charge is 0.120 e. The van der Waals surface area contributed by atoms with Crippen molar-refractivity contribution < 1.29 is 9.84 Å². The first kappa shape index (κ1) is 13.7. The van der Waals surface area contributed by atoms with E-state index in [4.69, 9.17) is 16.3 Å². The third kappa shape index (κ3) is 3.39. The highest BCUT2D eigenvalue weighted by Crippen LogP contribution is 2.35. The molecule has 0 aliphatic heterocycles. The van der Waals surface area contributed by atoms with Gasteiger partial charge in [-0.3, -0.25) is 0 Å². The van der Waals surface area contributed by atoms with Crippen LogP contribution in [0.25, 0.3) is 0 Å². The first-order valence-corrected chi connectivity index (χ1v) is 7.10. The van der Waals surface area contributed by atoms with Gasteiger partial charge in [-0.25, -0.2) is 0 Å². The molecule has 1 aliphatic rings. The van der Waals surface area contributed by atoms with Crippen molar-refractivity contribution in [3.05, 3.63) is 28.8 Å². The summed E-state index contributed by atoms with van der Waals surface area (Å²) in [6.45, 7) is 0. The van der Waals surface area contributed by atoms with E-state index in [2.05, 4.69) is 0 Å². The largest absolute Gasteiger partial charge is 0.497 e. The number of rotatable bonds is 4. The summed E-state index contributed by atoms with van der Waals surface area (Å²) >= 11 is 6.18. The van der Waals surface area contributed by atoms with Crippen LogP contribution in [0, 0.1) is 5.92 Å². The Labute approximate surface area is 114 Å². The molecule has 3 heteroatoms. The average Bonchev–Trinajstić information content (AvgIpc) is 2.39. The first-order chi connectivity index (χ1) is 8.70. The molecule has 1 aromatic rings. The number of hydrogen-bond donors (Lipinski definition) is 1. The lowest BCUT2D eigenvalue weighted by Crippen LogP contribution is -2.11. The Hall–Kier alpha value is -0.730. The van der Waals surface area contributed by atoms with Gasteiger partial charge in [0.25, 0.3) is 0 Å². The first-order valence-electron chi connectivity index (χ1n) is 6.72. The van der Waals surface area contributed by atoms with Gasteiger partial charge < -0.3 is 9.84 Å². The topological polar surface area (TPSA) is 29.5 Å². The highest BCUT2D eigenvalue weighted by molar-refractivity contribution is 6.31. The molecule has 1 fully saturated rings. The van der Waals surface area contributed by atoms with Crippen LogP contribution in [0.2, 0.25) is 5.02 Å². The Bertz CT molecular complexity index is 386. The molecule has 1 atom stereocenters. The maximum atomic E-state index is 10.3. The van der Waals surface area contributed by atoms with Crippen LogP contribution in [0.3, 0.4) is 0 Å². The molecule has 18 heavy (non-hydrogen) atoms. The minimum Gasteiger partial charge on any atom is -0.497 e. The Morgan fingerprint density at radius 2 is 2.06 bits per heavy atom. The molecular formula is C15H21ClO2. The van der Waals surface area contributed by atoms with Crippen LogP contribution in [-0.2, 0) is 0 Å². The molecule has 0 bridgehead atoms. The summed E-state index contributed by atoms with van der Waals surface area (Å²) in [6.07, 6.45) is 6.80. The molecule has 2 rings (SSSR count). The fraction of sp³-hybridized carbons (Fsp3) is 0.600. The molecule has 0 heterocycles. The fourth-order valence-corrected chi connectivity index (χ4v) is 3.07. The molecule has 100 valence electrons. The highest BCUT2D eigenvalue weighted by Gasteiger charge is 2.20. The summed E-state index contributed by atoms with van der Waals surface area (Å²) in [5.41, 5.74) is 0.822. The van der Waals surface area contributed by atoms with E-state index in [9.17, 15) is 5.11 Å². The number of hydrogen-bond acceptors (Lipinski definition) is 2. The summed E-state index contributed by atoms with van der Waals surface area (Å²) in [7, 11) is 1.61. The zero-order valence-corrected chi connectivity index (χ0v) is 11.6. The van der Waals surface area contributed by atoms with E-state index in [1.165, 1.54) is 32.1 Å². The monoisotopic (exact) mass is 268 g/mol. The van der Waals surface area contributed by atoms with Crippen LogP contribution in [0.1, 0.15) is 50.2 Å². The number of aliphatic hydroxyl groups excluding tert-OH is 1. The summed E-state index contributed by atoms with van der Waals surface area (Å²) in [5, 5.41) is 10.9. The second-order valence-electron chi connectivity index (χ2n) is 5.14. The van der Waals surface area contributed by atoms with Crippen molar-refractivity contribution in [2.75, 3.05) is 7.11 Å². The second kappa shape index (κ2) is 6.44. The quantitative estimate of drug-likeness (QED) is 0.880. The van der Waals surface area contributed by atoms with Crippen molar-refractivity contribution >= 4 is 11.6 Å². The third-order valence-electron chi connectivity index (χ3n) is 3.85. The van der Waals surface area contributed by atoms with Gasteiger partial charge in [0, 0.05) is 0 Å². The van der Waals surface area contributed by atoms with Crippen molar-refractivity contribution in [2.45, 2.75) is 44.6 Å². The normalized spacial score (nSPS) is 18.6. The third-order valence-corrected chi connectivity index (χ3v) is 4.18. The van der Waals surface area contributed by atoms with Crippen LogP contribution in [0.5, 0.6) is 5.75 Å². The predicted molar refractivity (Wildman–Crippen MR) is 74.2 cm³/mol. The van der Waals surface area contributed by atoms with Crippen LogP contribution in [-0.4, -0.2) is 12.2 Å².